The summed E-state index contributed by atoms with van der Waals surface area (Å²) in [5.41, 5.74) is 10.3. The fourth-order valence-corrected chi connectivity index (χ4v) is 1.15. The van der Waals surface area contributed by atoms with E-state index in [0.717, 1.165) is 19.4 Å². The Labute approximate surface area is 71.9 Å². The first-order chi connectivity index (χ1) is 5.65. The molecular formula is C7H15N5. The summed E-state index contributed by atoms with van der Waals surface area (Å²) in [5.74, 6) is 0.138. The van der Waals surface area contributed by atoms with Crippen LogP contribution < -0.4 is 11.5 Å². The minimum absolute atomic E-state index is 0.0425. The van der Waals surface area contributed by atoms with Gasteiger partial charge in [0.2, 0.25) is 5.96 Å². The Hall–Kier alpha value is -1.26. The molecule has 68 valence electrons. The molecule has 0 heterocycles. The van der Waals surface area contributed by atoms with E-state index < -0.39 is 0 Å². The molecule has 0 unspecified atom stereocenters. The quantitative estimate of drug-likeness (QED) is 0.390. The number of aliphatic imine (C=N–C) groups is 1. The fourth-order valence-electron chi connectivity index (χ4n) is 1.15. The monoisotopic (exact) mass is 169 g/mol. The van der Waals surface area contributed by atoms with Crippen molar-refractivity contribution >= 4 is 11.9 Å². The highest BCUT2D eigenvalue weighted by Crippen LogP contribution is 2.26. The summed E-state index contributed by atoms with van der Waals surface area (Å²) in [7, 11) is 0. The number of guanidine groups is 2. The number of nitrogens with two attached hydrogens (primary N) is 2. The number of hydrogen-bond donors (Lipinski definition) is 3. The summed E-state index contributed by atoms with van der Waals surface area (Å²) in [6.45, 7) is 2.79. The zero-order valence-electron chi connectivity index (χ0n) is 7.25. The lowest BCUT2D eigenvalue weighted by Gasteiger charge is -2.19. The maximum absolute atomic E-state index is 7.53. The third kappa shape index (κ3) is 2.11. The van der Waals surface area contributed by atoms with Crippen LogP contribution in [0.2, 0.25) is 0 Å². The van der Waals surface area contributed by atoms with E-state index >= 15 is 0 Å². The van der Waals surface area contributed by atoms with E-state index in [0.29, 0.717) is 6.04 Å². The molecule has 0 aromatic rings. The Morgan fingerprint density at radius 3 is 2.50 bits per heavy atom. The van der Waals surface area contributed by atoms with Gasteiger partial charge in [-0.25, -0.2) is 0 Å². The van der Waals surface area contributed by atoms with Crippen LogP contribution in [0.5, 0.6) is 0 Å². The van der Waals surface area contributed by atoms with Gasteiger partial charge < -0.3 is 16.4 Å². The highest BCUT2D eigenvalue weighted by molar-refractivity contribution is 5.91. The van der Waals surface area contributed by atoms with Crippen LogP contribution in [-0.2, 0) is 0 Å². The molecule has 0 saturated heterocycles. The van der Waals surface area contributed by atoms with Crippen LogP contribution in [0.4, 0.5) is 0 Å². The van der Waals surface area contributed by atoms with Gasteiger partial charge in [0, 0.05) is 12.6 Å². The second-order valence-corrected chi connectivity index (χ2v) is 2.88. The van der Waals surface area contributed by atoms with Gasteiger partial charge in [-0.2, -0.15) is 4.99 Å². The standard InChI is InChI=1S/C7H15N5/c1-2-12(5-3-4-5)7(10)11-6(8)9/h5H,2-4H2,1H3,(H5,8,9,10,11). The molecule has 0 bridgehead atoms. The van der Waals surface area contributed by atoms with Gasteiger partial charge in [-0.3, -0.25) is 5.41 Å². The summed E-state index contributed by atoms with van der Waals surface area (Å²) in [5, 5.41) is 7.53. The zero-order chi connectivity index (χ0) is 9.14. The van der Waals surface area contributed by atoms with Crippen molar-refractivity contribution in [3.05, 3.63) is 0 Å². The van der Waals surface area contributed by atoms with Gasteiger partial charge in [-0.05, 0) is 19.8 Å². The molecule has 5 heteroatoms. The SMILES string of the molecule is CCN(C(=N)N=C(N)N)C1CC1. The van der Waals surface area contributed by atoms with Crippen molar-refractivity contribution < 1.29 is 0 Å². The lowest BCUT2D eigenvalue weighted by atomic mass is 10.5. The molecule has 1 aliphatic rings. The van der Waals surface area contributed by atoms with Crippen LogP contribution in [0.1, 0.15) is 19.8 Å². The molecule has 0 atom stereocenters. The predicted molar refractivity (Wildman–Crippen MR) is 48.9 cm³/mol. The number of rotatable bonds is 2. The van der Waals surface area contributed by atoms with Crippen molar-refractivity contribution in [2.24, 2.45) is 16.5 Å². The lowest BCUT2D eigenvalue weighted by Crippen LogP contribution is -2.34. The van der Waals surface area contributed by atoms with Crippen molar-refractivity contribution in [2.75, 3.05) is 6.54 Å². The molecule has 0 radical (unpaired) electrons. The fraction of sp³-hybridized carbons (Fsp3) is 0.714. The van der Waals surface area contributed by atoms with Gasteiger partial charge in [0.1, 0.15) is 0 Å². The van der Waals surface area contributed by atoms with Crippen molar-refractivity contribution in [2.45, 2.75) is 25.8 Å². The third-order valence-electron chi connectivity index (χ3n) is 1.84. The topological polar surface area (TPSA) is 91.5 Å². The lowest BCUT2D eigenvalue weighted by molar-refractivity contribution is 0.424. The van der Waals surface area contributed by atoms with Gasteiger partial charge >= 0.3 is 0 Å². The average Bonchev–Trinajstić information content (AvgIpc) is 2.70. The van der Waals surface area contributed by atoms with E-state index in [1.807, 2.05) is 11.8 Å². The average molecular weight is 169 g/mol. The number of nitrogens with one attached hydrogen (secondary N) is 1. The summed E-state index contributed by atoms with van der Waals surface area (Å²) in [4.78, 5) is 5.59. The van der Waals surface area contributed by atoms with Crippen molar-refractivity contribution in [3.8, 4) is 0 Å². The van der Waals surface area contributed by atoms with Gasteiger partial charge in [0.15, 0.2) is 5.96 Å². The van der Waals surface area contributed by atoms with Gasteiger partial charge in [0.25, 0.3) is 0 Å². The predicted octanol–water partition coefficient (Wildman–Crippen LogP) is -0.321. The van der Waals surface area contributed by atoms with Gasteiger partial charge in [0.05, 0.1) is 0 Å². The smallest absolute Gasteiger partial charge is 0.221 e. The zero-order valence-corrected chi connectivity index (χ0v) is 7.25. The van der Waals surface area contributed by atoms with Crippen molar-refractivity contribution in [1.82, 2.24) is 4.90 Å². The van der Waals surface area contributed by atoms with Crippen LogP contribution in [-0.4, -0.2) is 29.4 Å². The molecule has 5 nitrogen and oxygen atoms in total. The van der Waals surface area contributed by atoms with Crippen LogP contribution in [0, 0.1) is 5.41 Å². The van der Waals surface area contributed by atoms with Crippen LogP contribution in [0.3, 0.4) is 0 Å². The normalized spacial score (nSPS) is 15.4. The minimum Gasteiger partial charge on any atom is -0.370 e. The first-order valence-electron chi connectivity index (χ1n) is 4.10. The van der Waals surface area contributed by atoms with Crippen LogP contribution >= 0.6 is 0 Å². The maximum atomic E-state index is 7.53. The van der Waals surface area contributed by atoms with Crippen LogP contribution in [0.15, 0.2) is 4.99 Å². The molecule has 0 aromatic carbocycles. The molecule has 0 aliphatic heterocycles. The highest BCUT2D eigenvalue weighted by Gasteiger charge is 2.29. The number of hydrogen-bond acceptors (Lipinski definition) is 1. The molecule has 1 saturated carbocycles. The summed E-state index contributed by atoms with van der Waals surface area (Å²) < 4.78 is 0. The second-order valence-electron chi connectivity index (χ2n) is 2.88. The van der Waals surface area contributed by atoms with Crippen molar-refractivity contribution in [1.29, 1.82) is 5.41 Å². The molecule has 0 amide bonds. The summed E-state index contributed by atoms with van der Waals surface area (Å²) in [6.07, 6.45) is 2.30. The highest BCUT2D eigenvalue weighted by atomic mass is 15.3. The molecule has 0 aromatic heterocycles. The second kappa shape index (κ2) is 3.42. The molecule has 12 heavy (non-hydrogen) atoms. The summed E-state index contributed by atoms with van der Waals surface area (Å²) >= 11 is 0. The Morgan fingerprint density at radius 1 is 1.58 bits per heavy atom. The first kappa shape index (κ1) is 8.83. The van der Waals surface area contributed by atoms with E-state index in [2.05, 4.69) is 4.99 Å². The molecule has 1 rings (SSSR count). The van der Waals surface area contributed by atoms with Gasteiger partial charge in [-0.1, -0.05) is 0 Å². The van der Waals surface area contributed by atoms with E-state index in [1.165, 1.54) is 0 Å². The maximum Gasteiger partial charge on any atom is 0.221 e. The molecule has 0 spiro atoms. The van der Waals surface area contributed by atoms with Crippen molar-refractivity contribution in [3.63, 3.8) is 0 Å². The largest absolute Gasteiger partial charge is 0.370 e. The van der Waals surface area contributed by atoms with Crippen LogP contribution in [0.25, 0.3) is 0 Å². The molecular weight excluding hydrogens is 154 g/mol. The third-order valence-corrected chi connectivity index (χ3v) is 1.84. The first-order valence-corrected chi connectivity index (χ1v) is 4.10. The van der Waals surface area contributed by atoms with E-state index in [1.54, 1.807) is 0 Å². The molecule has 5 N–H and O–H groups in total. The van der Waals surface area contributed by atoms with E-state index in [4.69, 9.17) is 16.9 Å². The Kier molecular flexibility index (Phi) is 2.52. The Bertz CT molecular complexity index is 202. The Balaban J connectivity index is 2.53. The molecule has 1 fully saturated rings. The van der Waals surface area contributed by atoms with E-state index in [9.17, 15) is 0 Å². The molecule has 1 aliphatic carbocycles. The summed E-state index contributed by atoms with van der Waals surface area (Å²) in [6, 6.07) is 0.491. The number of nitrogens with zero attached hydrogens (tertiary/aromatic N) is 2. The van der Waals surface area contributed by atoms with E-state index in [-0.39, 0.29) is 11.9 Å². The van der Waals surface area contributed by atoms with Gasteiger partial charge in [-0.15, -0.1) is 0 Å². The Morgan fingerprint density at radius 2 is 2.17 bits per heavy atom. The minimum atomic E-state index is -0.0425.